The van der Waals surface area contributed by atoms with Crippen molar-refractivity contribution in [3.63, 3.8) is 0 Å². The molecule has 2 atom stereocenters. The summed E-state index contributed by atoms with van der Waals surface area (Å²) < 4.78 is 10.2. The van der Waals surface area contributed by atoms with Crippen LogP contribution in [0.5, 0.6) is 5.75 Å². The quantitative estimate of drug-likeness (QED) is 0.806. The van der Waals surface area contributed by atoms with Crippen LogP contribution >= 0.6 is 0 Å². The molecule has 0 unspecified atom stereocenters. The maximum absolute atomic E-state index is 12.0. The van der Waals surface area contributed by atoms with Gasteiger partial charge in [-0.3, -0.25) is 4.79 Å². The Bertz CT molecular complexity index is 444. The number of carbonyl (C=O) groups excluding carboxylic acids is 2. The Morgan fingerprint density at radius 1 is 1.10 bits per heavy atom. The van der Waals surface area contributed by atoms with Gasteiger partial charge in [0.1, 0.15) is 11.8 Å². The highest BCUT2D eigenvalue weighted by Crippen LogP contribution is 2.11. The molecule has 5 heteroatoms. The average Bonchev–Trinajstić information content (AvgIpc) is 2.44. The van der Waals surface area contributed by atoms with Gasteiger partial charge in [-0.2, -0.15) is 0 Å². The highest BCUT2D eigenvalue weighted by Gasteiger charge is 2.27. The maximum Gasteiger partial charge on any atom is 0.328 e. The van der Waals surface area contributed by atoms with Crippen LogP contribution in [0.2, 0.25) is 0 Å². The summed E-state index contributed by atoms with van der Waals surface area (Å²) in [5.74, 6) is -0.261. The van der Waals surface area contributed by atoms with Crippen LogP contribution in [0.25, 0.3) is 0 Å². The Hall–Kier alpha value is -2.04. The molecule has 0 aliphatic carbocycles. The minimum absolute atomic E-state index is 0.0599. The number of benzene rings is 1. The highest BCUT2D eigenvalue weighted by atomic mass is 16.5. The third-order valence-corrected chi connectivity index (χ3v) is 2.84. The standard InChI is InChI=1S/C15H21NO4/c1-10(2)13(15(18)19-4)16-14(17)11(3)20-12-8-6-5-7-9-12/h5-11,13H,1-4H3,(H,16,17)/t11-,13+/m1/s1. The maximum atomic E-state index is 12.0. The van der Waals surface area contributed by atoms with E-state index < -0.39 is 18.1 Å². The van der Waals surface area contributed by atoms with E-state index in [1.54, 1.807) is 19.1 Å². The van der Waals surface area contributed by atoms with Crippen LogP contribution in [0.3, 0.4) is 0 Å². The van der Waals surface area contributed by atoms with Gasteiger partial charge >= 0.3 is 5.97 Å². The number of carbonyl (C=O) groups is 2. The normalized spacial score (nSPS) is 13.4. The second-order valence-electron chi connectivity index (χ2n) is 4.83. The number of ether oxygens (including phenoxy) is 2. The fourth-order valence-electron chi connectivity index (χ4n) is 1.65. The first-order valence-electron chi connectivity index (χ1n) is 6.55. The highest BCUT2D eigenvalue weighted by molar-refractivity contribution is 5.87. The van der Waals surface area contributed by atoms with Crippen molar-refractivity contribution in [1.82, 2.24) is 5.32 Å². The van der Waals surface area contributed by atoms with Crippen LogP contribution in [0.1, 0.15) is 20.8 Å². The number of amides is 1. The van der Waals surface area contributed by atoms with Gasteiger partial charge in [-0.1, -0.05) is 32.0 Å². The third-order valence-electron chi connectivity index (χ3n) is 2.84. The van der Waals surface area contributed by atoms with E-state index in [4.69, 9.17) is 4.74 Å². The number of para-hydroxylation sites is 1. The number of methoxy groups -OCH3 is 1. The predicted octanol–water partition coefficient (Wildman–Crippen LogP) is 1.77. The molecule has 0 spiro atoms. The molecule has 0 saturated carbocycles. The van der Waals surface area contributed by atoms with Crippen LogP contribution in [0.15, 0.2) is 30.3 Å². The third kappa shape index (κ3) is 4.57. The molecule has 1 N–H and O–H groups in total. The van der Waals surface area contributed by atoms with Gasteiger partial charge in [0.2, 0.25) is 0 Å². The lowest BCUT2D eigenvalue weighted by Gasteiger charge is -2.22. The van der Waals surface area contributed by atoms with Gasteiger partial charge in [-0.15, -0.1) is 0 Å². The summed E-state index contributed by atoms with van der Waals surface area (Å²) in [6, 6.07) is 8.38. The molecular weight excluding hydrogens is 258 g/mol. The minimum Gasteiger partial charge on any atom is -0.481 e. The van der Waals surface area contributed by atoms with E-state index in [2.05, 4.69) is 10.1 Å². The molecule has 0 bridgehead atoms. The van der Waals surface area contributed by atoms with Gasteiger partial charge in [0.05, 0.1) is 7.11 Å². The number of hydrogen-bond donors (Lipinski definition) is 1. The minimum atomic E-state index is -0.691. The first-order valence-corrected chi connectivity index (χ1v) is 6.55. The molecule has 110 valence electrons. The number of esters is 1. The zero-order valence-electron chi connectivity index (χ0n) is 12.3. The first-order chi connectivity index (χ1) is 9.45. The Labute approximate surface area is 119 Å². The SMILES string of the molecule is COC(=O)[C@@H](NC(=O)[C@@H](C)Oc1ccccc1)C(C)C. The van der Waals surface area contributed by atoms with Gasteiger partial charge in [0.15, 0.2) is 6.10 Å². The van der Waals surface area contributed by atoms with Crippen molar-refractivity contribution >= 4 is 11.9 Å². The molecule has 0 fully saturated rings. The Balaban J connectivity index is 2.62. The van der Waals surface area contributed by atoms with Crippen LogP contribution in [-0.2, 0) is 14.3 Å². The monoisotopic (exact) mass is 279 g/mol. The molecule has 1 amide bonds. The van der Waals surface area contributed by atoms with Crippen molar-refractivity contribution in [3.8, 4) is 5.75 Å². The smallest absolute Gasteiger partial charge is 0.328 e. The average molecular weight is 279 g/mol. The topological polar surface area (TPSA) is 64.6 Å². The summed E-state index contributed by atoms with van der Waals surface area (Å²) in [6.07, 6.45) is -0.691. The molecule has 20 heavy (non-hydrogen) atoms. The van der Waals surface area contributed by atoms with Crippen molar-refractivity contribution in [2.24, 2.45) is 5.92 Å². The van der Waals surface area contributed by atoms with E-state index in [1.807, 2.05) is 32.0 Å². The van der Waals surface area contributed by atoms with E-state index in [0.29, 0.717) is 5.75 Å². The fraction of sp³-hybridized carbons (Fsp3) is 0.467. The van der Waals surface area contributed by atoms with Crippen molar-refractivity contribution in [2.75, 3.05) is 7.11 Å². The van der Waals surface area contributed by atoms with Gasteiger partial charge < -0.3 is 14.8 Å². The van der Waals surface area contributed by atoms with E-state index in [1.165, 1.54) is 7.11 Å². The lowest BCUT2D eigenvalue weighted by atomic mass is 10.0. The first kappa shape index (κ1) is 16.0. The van der Waals surface area contributed by atoms with Crippen LogP contribution < -0.4 is 10.1 Å². The largest absolute Gasteiger partial charge is 0.481 e. The molecule has 1 aromatic rings. The summed E-state index contributed by atoms with van der Waals surface area (Å²) in [6.45, 7) is 5.31. The van der Waals surface area contributed by atoms with Crippen LogP contribution in [-0.4, -0.2) is 31.1 Å². The van der Waals surface area contributed by atoms with Crippen molar-refractivity contribution in [3.05, 3.63) is 30.3 Å². The summed E-state index contributed by atoms with van der Waals surface area (Å²) in [4.78, 5) is 23.6. The molecule has 0 saturated heterocycles. The number of rotatable bonds is 6. The molecular formula is C15H21NO4. The second-order valence-corrected chi connectivity index (χ2v) is 4.83. The second kappa shape index (κ2) is 7.53. The molecule has 0 aliphatic rings. The van der Waals surface area contributed by atoms with Gasteiger partial charge in [-0.25, -0.2) is 4.79 Å². The molecule has 1 rings (SSSR count). The molecule has 0 aliphatic heterocycles. The lowest BCUT2D eigenvalue weighted by Crippen LogP contribution is -2.49. The van der Waals surface area contributed by atoms with E-state index in [0.717, 1.165) is 0 Å². The van der Waals surface area contributed by atoms with Crippen molar-refractivity contribution < 1.29 is 19.1 Å². The van der Waals surface area contributed by atoms with Gasteiger partial charge in [0.25, 0.3) is 5.91 Å². The molecule has 0 radical (unpaired) electrons. The van der Waals surface area contributed by atoms with E-state index in [-0.39, 0.29) is 11.8 Å². The summed E-state index contributed by atoms with van der Waals surface area (Å²) >= 11 is 0. The van der Waals surface area contributed by atoms with Crippen LogP contribution in [0, 0.1) is 5.92 Å². The Morgan fingerprint density at radius 3 is 2.20 bits per heavy atom. The molecule has 0 aromatic heterocycles. The lowest BCUT2D eigenvalue weighted by molar-refractivity contribution is -0.147. The Morgan fingerprint density at radius 2 is 1.70 bits per heavy atom. The zero-order chi connectivity index (χ0) is 15.1. The molecule has 0 heterocycles. The van der Waals surface area contributed by atoms with Crippen molar-refractivity contribution in [1.29, 1.82) is 0 Å². The van der Waals surface area contributed by atoms with Crippen LogP contribution in [0.4, 0.5) is 0 Å². The zero-order valence-corrected chi connectivity index (χ0v) is 12.3. The van der Waals surface area contributed by atoms with E-state index in [9.17, 15) is 9.59 Å². The number of nitrogens with one attached hydrogen (secondary N) is 1. The predicted molar refractivity (Wildman–Crippen MR) is 75.3 cm³/mol. The van der Waals surface area contributed by atoms with E-state index >= 15 is 0 Å². The number of hydrogen-bond acceptors (Lipinski definition) is 4. The molecule has 1 aromatic carbocycles. The van der Waals surface area contributed by atoms with Gasteiger partial charge in [-0.05, 0) is 25.0 Å². The summed E-state index contributed by atoms with van der Waals surface area (Å²) in [5.41, 5.74) is 0. The molecule has 5 nitrogen and oxygen atoms in total. The fourth-order valence-corrected chi connectivity index (χ4v) is 1.65. The van der Waals surface area contributed by atoms with Gasteiger partial charge in [0, 0.05) is 0 Å². The summed E-state index contributed by atoms with van der Waals surface area (Å²) in [7, 11) is 1.30. The van der Waals surface area contributed by atoms with Crippen molar-refractivity contribution in [2.45, 2.75) is 32.9 Å². The summed E-state index contributed by atoms with van der Waals surface area (Å²) in [5, 5.41) is 2.65. The Kier molecular flexibility index (Phi) is 6.03.